The maximum Gasteiger partial charge on any atom is 0.417 e. The molecule has 4 saturated heterocycles. The van der Waals surface area contributed by atoms with E-state index in [0.29, 0.717) is 56.6 Å². The van der Waals surface area contributed by atoms with Gasteiger partial charge in [-0.05, 0) is 56.8 Å². The minimum Gasteiger partial charge on any atom is -0.467 e. The van der Waals surface area contributed by atoms with Crippen LogP contribution in [0.15, 0.2) is 18.2 Å². The highest BCUT2D eigenvalue weighted by Crippen LogP contribution is 2.48. The molecule has 6 heterocycles. The highest BCUT2D eigenvalue weighted by atomic mass is 32.1. The number of fused-ring (bicyclic) bond motifs is 3. The van der Waals surface area contributed by atoms with Crippen LogP contribution in [0.5, 0.6) is 6.01 Å². The van der Waals surface area contributed by atoms with Crippen molar-refractivity contribution in [1.82, 2.24) is 19.8 Å². The second-order valence-electron chi connectivity index (χ2n) is 13.7. The first-order chi connectivity index (χ1) is 25.3. The minimum atomic E-state index is -5.07. The lowest BCUT2D eigenvalue weighted by molar-refractivity contribution is -0.148. The molecule has 0 spiro atoms. The van der Waals surface area contributed by atoms with Crippen molar-refractivity contribution in [2.75, 3.05) is 63.7 Å². The summed E-state index contributed by atoms with van der Waals surface area (Å²) in [5.74, 6) is -2.41. The standard InChI is InChI=1S/C29H25F5N6O3S.C7H12FN/c1-3-40(14-6-7-39(10-14)27(41)13-11-43-12-13)26-16-8-18(29(32,33)34)21(22(31)23(16)37-28(38-26)42-2)15-4-5-19(30)24-20(15)17(9-35)25(36)44-24;8-6-4-7-2-1-3-9(7)5-6/h4-5,8,13-14H,3,6-7,10-12,36H2,1-2H3;6-7H,1-5H2. The van der Waals surface area contributed by atoms with Gasteiger partial charge in [0.15, 0.2) is 5.82 Å². The van der Waals surface area contributed by atoms with E-state index in [1.165, 1.54) is 20.0 Å². The van der Waals surface area contributed by atoms with Gasteiger partial charge in [-0.1, -0.05) is 6.07 Å². The van der Waals surface area contributed by atoms with Gasteiger partial charge in [0.1, 0.15) is 34.4 Å². The van der Waals surface area contributed by atoms with E-state index < -0.39 is 40.6 Å². The molecule has 0 radical (unpaired) electrons. The van der Waals surface area contributed by atoms with Crippen LogP contribution in [0.4, 0.5) is 37.2 Å². The maximum absolute atomic E-state index is 16.6. The molecule has 0 saturated carbocycles. The van der Waals surface area contributed by atoms with Crippen LogP contribution in [0.1, 0.15) is 43.7 Å². The van der Waals surface area contributed by atoms with Crippen molar-refractivity contribution in [3.63, 3.8) is 0 Å². The Bertz CT molecular complexity index is 2090. The number of anilines is 2. The van der Waals surface area contributed by atoms with Crippen molar-refractivity contribution in [2.24, 2.45) is 5.92 Å². The fraction of sp³-hybridized carbons (Fsp3) is 0.500. The Morgan fingerprint density at radius 2 is 1.96 bits per heavy atom. The number of halogens is 6. The summed E-state index contributed by atoms with van der Waals surface area (Å²) in [5, 5.41) is 9.15. The summed E-state index contributed by atoms with van der Waals surface area (Å²) in [6.07, 6.45) is -1.75. The molecule has 4 aromatic rings. The number of rotatable bonds is 6. The molecule has 0 aliphatic carbocycles. The number of nitriles is 1. The second kappa shape index (κ2) is 14.4. The molecule has 10 nitrogen and oxygen atoms in total. The topological polar surface area (TPSA) is 121 Å². The van der Waals surface area contributed by atoms with E-state index in [9.17, 15) is 32.0 Å². The zero-order valence-electron chi connectivity index (χ0n) is 29.0. The molecule has 4 aliphatic heterocycles. The SMILES string of the molecule is CCN(c1nc(OC)nc2c(F)c(-c3ccc(F)c4sc(N)c(C#N)c34)c(C(F)(F)F)cc12)C1CCN(C(=O)C2COC2)C1.FC1CC2CCCN2C1. The van der Waals surface area contributed by atoms with Crippen LogP contribution in [-0.4, -0.2) is 97.0 Å². The van der Waals surface area contributed by atoms with Gasteiger partial charge in [-0.2, -0.15) is 28.4 Å². The van der Waals surface area contributed by atoms with E-state index in [1.54, 1.807) is 22.8 Å². The molecule has 53 heavy (non-hydrogen) atoms. The first-order valence-electron chi connectivity index (χ1n) is 17.4. The van der Waals surface area contributed by atoms with Crippen molar-refractivity contribution in [3.8, 4) is 23.2 Å². The Kier molecular flexibility index (Phi) is 10.1. The average molecular weight is 762 g/mol. The first kappa shape index (κ1) is 36.9. The second-order valence-corrected chi connectivity index (χ2v) is 14.7. The molecule has 8 rings (SSSR count). The Balaban J connectivity index is 0.000000418. The number of likely N-dealkylation sites (tertiary alicyclic amines) is 1. The Hall–Kier alpha value is -4.40. The number of methoxy groups -OCH3 is 1. The van der Waals surface area contributed by atoms with E-state index in [2.05, 4.69) is 14.9 Å². The molecule has 2 N–H and O–H groups in total. The predicted molar refractivity (Wildman–Crippen MR) is 187 cm³/mol. The third-order valence-electron chi connectivity index (χ3n) is 10.6. The highest BCUT2D eigenvalue weighted by Gasteiger charge is 2.41. The first-order valence-corrected chi connectivity index (χ1v) is 18.2. The molecular formula is C36H37F6N7O3S. The number of nitrogen functional groups attached to an aromatic ring is 1. The molecular weight excluding hydrogens is 724 g/mol. The number of likely N-dealkylation sites (N-methyl/N-ethyl adjacent to an activating group) is 1. The van der Waals surface area contributed by atoms with Crippen molar-refractivity contribution in [1.29, 1.82) is 5.26 Å². The molecule has 3 atom stereocenters. The summed E-state index contributed by atoms with van der Waals surface area (Å²) in [5.41, 5.74) is 2.58. The number of nitrogens with two attached hydrogens (primary N) is 1. The van der Waals surface area contributed by atoms with Crippen molar-refractivity contribution < 1.29 is 40.6 Å². The Morgan fingerprint density at radius 3 is 2.60 bits per heavy atom. The average Bonchev–Trinajstić information content (AvgIpc) is 3.89. The van der Waals surface area contributed by atoms with Gasteiger partial charge < -0.3 is 25.0 Å². The van der Waals surface area contributed by atoms with Gasteiger partial charge in [-0.15, -0.1) is 11.3 Å². The molecule has 4 aliphatic rings. The van der Waals surface area contributed by atoms with Gasteiger partial charge in [0, 0.05) is 54.6 Å². The molecule has 2 aromatic heterocycles. The van der Waals surface area contributed by atoms with Crippen LogP contribution < -0.4 is 15.4 Å². The molecule has 17 heteroatoms. The largest absolute Gasteiger partial charge is 0.467 e. The lowest BCUT2D eigenvalue weighted by Crippen LogP contribution is -2.45. The maximum atomic E-state index is 16.6. The predicted octanol–water partition coefficient (Wildman–Crippen LogP) is 6.54. The quantitative estimate of drug-likeness (QED) is 0.219. The normalized spacial score (nSPS) is 21.7. The zero-order chi connectivity index (χ0) is 37.8. The van der Waals surface area contributed by atoms with E-state index in [1.807, 2.05) is 0 Å². The molecule has 3 unspecified atom stereocenters. The number of hydrogen-bond donors (Lipinski definition) is 1. The molecule has 1 amide bonds. The number of thiophene rings is 1. The van der Waals surface area contributed by atoms with Crippen LogP contribution in [-0.2, 0) is 15.7 Å². The van der Waals surface area contributed by atoms with Crippen molar-refractivity contribution >= 4 is 49.1 Å². The van der Waals surface area contributed by atoms with E-state index in [-0.39, 0.29) is 67.8 Å². The summed E-state index contributed by atoms with van der Waals surface area (Å²) in [6.45, 7) is 5.35. The van der Waals surface area contributed by atoms with Gasteiger partial charge in [0.2, 0.25) is 5.91 Å². The van der Waals surface area contributed by atoms with Crippen molar-refractivity contribution in [3.05, 3.63) is 41.0 Å². The lowest BCUT2D eigenvalue weighted by atomic mass is 9.92. The van der Waals surface area contributed by atoms with Gasteiger partial charge >= 0.3 is 12.2 Å². The van der Waals surface area contributed by atoms with E-state index in [0.717, 1.165) is 31.2 Å². The van der Waals surface area contributed by atoms with Gasteiger partial charge in [0.25, 0.3) is 0 Å². The summed E-state index contributed by atoms with van der Waals surface area (Å²) < 4.78 is 98.4. The third kappa shape index (κ3) is 6.69. The number of carbonyl (C=O) groups is 1. The number of nitrogens with zero attached hydrogens (tertiary/aromatic N) is 6. The number of amides is 1. The number of hydrogen-bond acceptors (Lipinski definition) is 10. The smallest absolute Gasteiger partial charge is 0.417 e. The number of carbonyl (C=O) groups excluding carboxylic acids is 1. The zero-order valence-corrected chi connectivity index (χ0v) is 29.8. The monoisotopic (exact) mass is 761 g/mol. The summed E-state index contributed by atoms with van der Waals surface area (Å²) in [4.78, 5) is 27.0. The van der Waals surface area contributed by atoms with Gasteiger partial charge in [0.05, 0.1) is 42.1 Å². The highest BCUT2D eigenvalue weighted by molar-refractivity contribution is 7.23. The number of ether oxygens (including phenoxy) is 2. The summed E-state index contributed by atoms with van der Waals surface area (Å²) in [6, 6.07) is 4.49. The number of alkyl halides is 4. The molecule has 282 valence electrons. The van der Waals surface area contributed by atoms with E-state index >= 15 is 4.39 Å². The lowest BCUT2D eigenvalue weighted by Gasteiger charge is -2.32. The number of aromatic nitrogens is 2. The van der Waals surface area contributed by atoms with Crippen molar-refractivity contribution in [2.45, 2.75) is 57.0 Å². The fourth-order valence-electron chi connectivity index (χ4n) is 7.94. The Labute approximate surface area is 305 Å². The van der Waals surface area contributed by atoms with Crippen LogP contribution in [0.25, 0.3) is 32.1 Å². The van der Waals surface area contributed by atoms with Crippen LogP contribution >= 0.6 is 11.3 Å². The number of benzene rings is 2. The molecule has 2 aromatic carbocycles. The van der Waals surface area contributed by atoms with Gasteiger partial charge in [-0.3, -0.25) is 9.69 Å². The third-order valence-corrected chi connectivity index (χ3v) is 11.6. The summed E-state index contributed by atoms with van der Waals surface area (Å²) in [7, 11) is 1.25. The Morgan fingerprint density at radius 1 is 1.19 bits per heavy atom. The molecule has 4 fully saturated rings. The fourth-order valence-corrected chi connectivity index (χ4v) is 8.89. The minimum absolute atomic E-state index is 0.0123. The van der Waals surface area contributed by atoms with Crippen LogP contribution in [0.2, 0.25) is 0 Å². The van der Waals surface area contributed by atoms with Gasteiger partial charge in [-0.25, -0.2) is 13.2 Å². The van der Waals surface area contributed by atoms with E-state index in [4.69, 9.17) is 15.2 Å². The van der Waals surface area contributed by atoms with Crippen LogP contribution in [0, 0.1) is 28.9 Å². The molecule has 0 bridgehead atoms. The summed E-state index contributed by atoms with van der Waals surface area (Å²) >= 11 is 0.689. The van der Waals surface area contributed by atoms with Crippen LogP contribution in [0.3, 0.4) is 0 Å².